The molecule has 3 rings (SSSR count). The van der Waals surface area contributed by atoms with Gasteiger partial charge in [0.1, 0.15) is 17.4 Å². The van der Waals surface area contributed by atoms with Gasteiger partial charge in [0.05, 0.1) is 32.1 Å². The molecule has 0 amide bonds. The van der Waals surface area contributed by atoms with Gasteiger partial charge >= 0.3 is 0 Å². The Labute approximate surface area is 139 Å². The average molecular weight is 381 g/mol. The number of para-hydroxylation sites is 1. The van der Waals surface area contributed by atoms with Crippen LogP contribution in [0.25, 0.3) is 16.7 Å². The first-order valence-corrected chi connectivity index (χ1v) is 7.78. The lowest BCUT2D eigenvalue weighted by atomic mass is 10.2. The first kappa shape index (κ1) is 14.4. The number of nitriles is 1. The second-order valence-corrected chi connectivity index (χ2v) is 5.82. The summed E-state index contributed by atoms with van der Waals surface area (Å²) in [4.78, 5) is 4.49. The predicted molar refractivity (Wildman–Crippen MR) is 88.1 cm³/mol. The van der Waals surface area contributed by atoms with Gasteiger partial charge in [-0.2, -0.15) is 5.26 Å². The molecule has 21 heavy (non-hydrogen) atoms. The molecule has 2 aromatic carbocycles. The van der Waals surface area contributed by atoms with Crippen LogP contribution in [0.15, 0.2) is 40.9 Å². The van der Waals surface area contributed by atoms with E-state index in [-0.39, 0.29) is 5.88 Å². The fraction of sp³-hybridized carbons (Fsp3) is 0.0667. The summed E-state index contributed by atoms with van der Waals surface area (Å²) in [6, 6.07) is 13.2. The van der Waals surface area contributed by atoms with Gasteiger partial charge in [-0.15, -0.1) is 11.6 Å². The fourth-order valence-corrected chi connectivity index (χ4v) is 3.05. The standard InChI is InChI=1S/C15H8BrCl2N3/c16-14-10(18)4-2-5-11(14)21-12-6-1-3-9(8-19)15(12)20-13(21)7-17/h1-6H,7H2. The molecule has 0 radical (unpaired) electrons. The van der Waals surface area contributed by atoms with Crippen molar-refractivity contribution in [3.63, 3.8) is 0 Å². The molecule has 6 heteroatoms. The summed E-state index contributed by atoms with van der Waals surface area (Å²) in [6.45, 7) is 0. The maximum absolute atomic E-state index is 9.22. The Morgan fingerprint density at radius 2 is 2.00 bits per heavy atom. The van der Waals surface area contributed by atoms with Gasteiger partial charge in [-0.25, -0.2) is 4.98 Å². The number of fused-ring (bicyclic) bond motifs is 1. The van der Waals surface area contributed by atoms with Gasteiger partial charge in [-0.3, -0.25) is 4.57 Å². The first-order chi connectivity index (χ1) is 10.2. The zero-order valence-electron chi connectivity index (χ0n) is 10.6. The van der Waals surface area contributed by atoms with Crippen LogP contribution in [0, 0.1) is 11.3 Å². The first-order valence-electron chi connectivity index (χ1n) is 6.08. The van der Waals surface area contributed by atoms with Crippen molar-refractivity contribution in [3.8, 4) is 11.8 Å². The Bertz CT molecular complexity index is 880. The minimum atomic E-state index is 0.235. The number of alkyl halides is 1. The molecule has 3 nitrogen and oxygen atoms in total. The van der Waals surface area contributed by atoms with E-state index in [4.69, 9.17) is 23.2 Å². The number of halogens is 3. The summed E-state index contributed by atoms with van der Waals surface area (Å²) in [5.74, 6) is 0.899. The second kappa shape index (κ2) is 5.69. The normalized spacial score (nSPS) is 10.8. The summed E-state index contributed by atoms with van der Waals surface area (Å²) in [5, 5.41) is 9.82. The molecule has 0 bridgehead atoms. The van der Waals surface area contributed by atoms with Crippen LogP contribution in [0.2, 0.25) is 5.02 Å². The smallest absolute Gasteiger partial charge is 0.129 e. The van der Waals surface area contributed by atoms with E-state index in [1.54, 1.807) is 12.1 Å². The van der Waals surface area contributed by atoms with Crippen LogP contribution in [0.5, 0.6) is 0 Å². The Morgan fingerprint density at radius 1 is 1.24 bits per heavy atom. The number of rotatable bonds is 2. The maximum Gasteiger partial charge on any atom is 0.129 e. The topological polar surface area (TPSA) is 41.6 Å². The van der Waals surface area contributed by atoms with Crippen molar-refractivity contribution in [2.75, 3.05) is 0 Å². The van der Waals surface area contributed by atoms with E-state index in [9.17, 15) is 5.26 Å². The van der Waals surface area contributed by atoms with E-state index < -0.39 is 0 Å². The van der Waals surface area contributed by atoms with Crippen molar-refractivity contribution in [1.29, 1.82) is 5.26 Å². The molecular weight excluding hydrogens is 373 g/mol. The van der Waals surface area contributed by atoms with Crippen LogP contribution in [-0.4, -0.2) is 9.55 Å². The van der Waals surface area contributed by atoms with Gasteiger partial charge in [0.15, 0.2) is 0 Å². The van der Waals surface area contributed by atoms with Gasteiger partial charge in [-0.1, -0.05) is 23.7 Å². The lowest BCUT2D eigenvalue weighted by molar-refractivity contribution is 0.977. The van der Waals surface area contributed by atoms with Crippen molar-refractivity contribution >= 4 is 50.2 Å². The maximum atomic E-state index is 9.22. The summed E-state index contributed by atoms with van der Waals surface area (Å²) in [6.07, 6.45) is 0. The summed E-state index contributed by atoms with van der Waals surface area (Å²) in [7, 11) is 0. The lowest BCUT2D eigenvalue weighted by Crippen LogP contribution is -2.00. The zero-order chi connectivity index (χ0) is 15.0. The zero-order valence-corrected chi connectivity index (χ0v) is 13.7. The Hall–Kier alpha value is -1.54. The van der Waals surface area contributed by atoms with E-state index in [1.165, 1.54) is 0 Å². The van der Waals surface area contributed by atoms with Crippen molar-refractivity contribution in [2.45, 2.75) is 5.88 Å². The molecular formula is C15H8BrCl2N3. The highest BCUT2D eigenvalue weighted by molar-refractivity contribution is 9.10. The highest BCUT2D eigenvalue weighted by Gasteiger charge is 2.16. The summed E-state index contributed by atoms with van der Waals surface area (Å²) < 4.78 is 2.68. The number of hydrogen-bond acceptors (Lipinski definition) is 2. The highest BCUT2D eigenvalue weighted by atomic mass is 79.9. The molecule has 0 atom stereocenters. The molecule has 0 saturated heterocycles. The van der Waals surface area contributed by atoms with Crippen LogP contribution in [0.4, 0.5) is 0 Å². The number of imidazole rings is 1. The summed E-state index contributed by atoms with van der Waals surface area (Å²) >= 11 is 15.7. The van der Waals surface area contributed by atoms with Crippen LogP contribution in [-0.2, 0) is 5.88 Å². The second-order valence-electron chi connectivity index (χ2n) is 4.36. The molecule has 1 aromatic heterocycles. The average Bonchev–Trinajstić information content (AvgIpc) is 2.88. The third-order valence-corrected chi connectivity index (χ3v) is 4.78. The lowest BCUT2D eigenvalue weighted by Gasteiger charge is -2.11. The van der Waals surface area contributed by atoms with Gasteiger partial charge in [0.25, 0.3) is 0 Å². The van der Waals surface area contributed by atoms with E-state index in [2.05, 4.69) is 27.0 Å². The Morgan fingerprint density at radius 3 is 2.71 bits per heavy atom. The molecule has 0 spiro atoms. The molecule has 0 fully saturated rings. The number of aromatic nitrogens is 2. The van der Waals surface area contributed by atoms with E-state index in [1.807, 2.05) is 28.8 Å². The molecule has 0 unspecified atom stereocenters. The van der Waals surface area contributed by atoms with Gasteiger partial charge in [0, 0.05) is 0 Å². The minimum absolute atomic E-state index is 0.235. The molecule has 0 aliphatic heterocycles. The monoisotopic (exact) mass is 379 g/mol. The van der Waals surface area contributed by atoms with E-state index in [0.717, 1.165) is 15.7 Å². The predicted octanol–water partition coefficient (Wildman–Crippen LogP) is 5.05. The van der Waals surface area contributed by atoms with Crippen molar-refractivity contribution < 1.29 is 0 Å². The molecule has 3 aromatic rings. The third kappa shape index (κ3) is 2.32. The molecule has 0 N–H and O–H groups in total. The van der Waals surface area contributed by atoms with E-state index in [0.29, 0.717) is 21.9 Å². The quantitative estimate of drug-likeness (QED) is 0.583. The van der Waals surface area contributed by atoms with Crippen LogP contribution in [0.3, 0.4) is 0 Å². The van der Waals surface area contributed by atoms with Crippen LogP contribution in [0.1, 0.15) is 11.4 Å². The highest BCUT2D eigenvalue weighted by Crippen LogP contribution is 2.33. The molecule has 1 heterocycles. The fourth-order valence-electron chi connectivity index (χ4n) is 2.26. The van der Waals surface area contributed by atoms with E-state index >= 15 is 0 Å². The number of hydrogen-bond donors (Lipinski definition) is 0. The van der Waals surface area contributed by atoms with Crippen LogP contribution >= 0.6 is 39.1 Å². The van der Waals surface area contributed by atoms with Crippen molar-refractivity contribution in [2.24, 2.45) is 0 Å². The SMILES string of the molecule is N#Cc1cccc2c1nc(CCl)n2-c1cccc(Cl)c1Br. The largest absolute Gasteiger partial charge is 0.294 e. The summed E-state index contributed by atoms with van der Waals surface area (Å²) in [5.41, 5.74) is 2.83. The molecule has 104 valence electrons. The third-order valence-electron chi connectivity index (χ3n) is 3.17. The van der Waals surface area contributed by atoms with Crippen molar-refractivity contribution in [1.82, 2.24) is 9.55 Å². The van der Waals surface area contributed by atoms with Gasteiger partial charge < -0.3 is 0 Å². The number of nitrogens with zero attached hydrogens (tertiary/aromatic N) is 3. The Balaban J connectivity index is 2.42. The Kier molecular flexibility index (Phi) is 3.90. The minimum Gasteiger partial charge on any atom is -0.294 e. The van der Waals surface area contributed by atoms with Crippen molar-refractivity contribution in [3.05, 3.63) is 57.3 Å². The van der Waals surface area contributed by atoms with Gasteiger partial charge in [0.2, 0.25) is 0 Å². The number of benzene rings is 2. The molecule has 0 aliphatic rings. The van der Waals surface area contributed by atoms with Crippen LogP contribution < -0.4 is 0 Å². The molecule has 0 aliphatic carbocycles. The van der Waals surface area contributed by atoms with Gasteiger partial charge in [-0.05, 0) is 40.2 Å². The molecule has 0 saturated carbocycles.